The number of hydrogen-bond donors (Lipinski definition) is 0. The fraction of sp³-hybridized carbons (Fsp3) is 0.400. The number of carbonyl (C=O) groups excluding carboxylic acids is 3. The number of rotatable bonds is 9. The molecule has 1 aliphatic heterocycles. The maximum Gasteiger partial charge on any atom is 0.264 e. The van der Waals surface area contributed by atoms with Crippen molar-refractivity contribution in [3.8, 4) is 0 Å². The van der Waals surface area contributed by atoms with Crippen LogP contribution in [-0.2, 0) is 14.4 Å². The summed E-state index contributed by atoms with van der Waals surface area (Å²) in [6.07, 6.45) is 4.40. The third-order valence-corrected chi connectivity index (χ3v) is 3.15. The fourth-order valence-corrected chi connectivity index (χ4v) is 2.41. The highest BCUT2D eigenvalue weighted by molar-refractivity contribution is 6.58. The Bertz CT molecular complexity index is 427. The zero-order valence-electron chi connectivity index (χ0n) is 12.1. The molecule has 0 spiro atoms. The van der Waals surface area contributed by atoms with Gasteiger partial charge in [-0.25, -0.2) is 0 Å². The summed E-state index contributed by atoms with van der Waals surface area (Å²) in [5.41, 5.74) is 0. The second kappa shape index (κ2) is 8.41. The lowest BCUT2D eigenvalue weighted by Gasteiger charge is -2.46. The molecule has 0 unspecified atom stereocenters. The molecule has 1 heterocycles. The van der Waals surface area contributed by atoms with Crippen LogP contribution in [0.2, 0.25) is 0 Å². The largest absolute Gasteiger partial charge is 0.294 e. The van der Waals surface area contributed by atoms with Gasteiger partial charge in [-0.1, -0.05) is 18.2 Å². The van der Waals surface area contributed by atoms with E-state index >= 15 is 0 Å². The number of aldehydes is 1. The van der Waals surface area contributed by atoms with Gasteiger partial charge in [0.1, 0.15) is 6.17 Å². The van der Waals surface area contributed by atoms with E-state index in [-0.39, 0.29) is 6.29 Å². The molecular weight excluding hydrogens is 270 g/mol. The molecule has 0 aromatic heterocycles. The second-order valence-electron chi connectivity index (χ2n) is 4.76. The molecule has 6 heteroatoms. The van der Waals surface area contributed by atoms with Crippen molar-refractivity contribution < 1.29 is 14.4 Å². The third-order valence-electron chi connectivity index (χ3n) is 3.15. The highest BCUT2D eigenvalue weighted by Crippen LogP contribution is 2.16. The van der Waals surface area contributed by atoms with E-state index in [0.717, 1.165) is 0 Å². The molecule has 0 N–H and O–H groups in total. The van der Waals surface area contributed by atoms with Crippen LogP contribution in [0, 0.1) is 0 Å². The minimum absolute atomic E-state index is 0.0661. The molecule has 0 radical (unpaired) electrons. The van der Waals surface area contributed by atoms with E-state index in [2.05, 4.69) is 24.6 Å². The van der Waals surface area contributed by atoms with Crippen molar-refractivity contribution >= 4 is 17.9 Å². The quantitative estimate of drug-likeness (QED) is 0.259. The van der Waals surface area contributed by atoms with E-state index in [1.54, 1.807) is 28.0 Å². The van der Waals surface area contributed by atoms with Gasteiger partial charge in [0, 0.05) is 19.6 Å². The van der Waals surface area contributed by atoms with Crippen molar-refractivity contribution in [2.45, 2.75) is 6.17 Å². The predicted octanol–water partition coefficient (Wildman–Crippen LogP) is 0.0422. The molecule has 1 saturated heterocycles. The van der Waals surface area contributed by atoms with Gasteiger partial charge in [-0.05, 0) is 0 Å². The van der Waals surface area contributed by atoms with Gasteiger partial charge in [0.2, 0.25) is 5.78 Å². The van der Waals surface area contributed by atoms with Crippen molar-refractivity contribution in [1.29, 1.82) is 0 Å². The van der Waals surface area contributed by atoms with Gasteiger partial charge in [0.15, 0.2) is 6.29 Å². The Labute approximate surface area is 125 Å². The van der Waals surface area contributed by atoms with Gasteiger partial charge in [-0.3, -0.25) is 29.1 Å². The molecule has 1 rings (SSSR count). The van der Waals surface area contributed by atoms with Gasteiger partial charge in [-0.2, -0.15) is 0 Å². The average Bonchev–Trinajstić information content (AvgIpc) is 2.47. The minimum atomic E-state index is -1.01. The minimum Gasteiger partial charge on any atom is -0.294 e. The molecule has 0 aliphatic carbocycles. The van der Waals surface area contributed by atoms with Crippen molar-refractivity contribution in [2.24, 2.45) is 0 Å². The lowest BCUT2D eigenvalue weighted by atomic mass is 10.1. The van der Waals surface area contributed by atoms with Gasteiger partial charge in [-0.15, -0.1) is 19.7 Å². The highest BCUT2D eigenvalue weighted by Gasteiger charge is 2.38. The SMILES string of the molecule is C=CCN1CN(CC=C)C(C(=O)C(=O)C=O)N(CC=C)C1. The van der Waals surface area contributed by atoms with E-state index in [1.165, 1.54) is 0 Å². The van der Waals surface area contributed by atoms with E-state index in [4.69, 9.17) is 0 Å². The summed E-state index contributed by atoms with van der Waals surface area (Å²) in [5, 5.41) is 0. The Morgan fingerprint density at radius 1 is 0.952 bits per heavy atom. The average molecular weight is 291 g/mol. The van der Waals surface area contributed by atoms with Crippen LogP contribution in [0.1, 0.15) is 0 Å². The summed E-state index contributed by atoms with van der Waals surface area (Å²) in [7, 11) is 0. The summed E-state index contributed by atoms with van der Waals surface area (Å²) in [5.74, 6) is -1.73. The molecule has 0 aromatic carbocycles. The van der Waals surface area contributed by atoms with Gasteiger partial charge < -0.3 is 0 Å². The first-order valence-electron chi connectivity index (χ1n) is 6.65. The van der Waals surface area contributed by atoms with Crippen LogP contribution in [0.5, 0.6) is 0 Å². The summed E-state index contributed by atoms with van der Waals surface area (Å²) in [6.45, 7) is 13.6. The van der Waals surface area contributed by atoms with E-state index in [1.807, 2.05) is 0 Å². The number of carbonyl (C=O) groups is 3. The summed E-state index contributed by atoms with van der Waals surface area (Å²) in [6, 6.07) is 0. The maximum atomic E-state index is 12.2. The van der Waals surface area contributed by atoms with Crippen LogP contribution in [0.25, 0.3) is 0 Å². The smallest absolute Gasteiger partial charge is 0.264 e. The molecule has 1 fully saturated rings. The fourth-order valence-electron chi connectivity index (χ4n) is 2.41. The van der Waals surface area contributed by atoms with E-state index in [9.17, 15) is 14.4 Å². The number of hydrogen-bond acceptors (Lipinski definition) is 6. The molecule has 6 nitrogen and oxygen atoms in total. The Morgan fingerprint density at radius 3 is 1.81 bits per heavy atom. The Kier molecular flexibility index (Phi) is 6.87. The molecule has 0 saturated carbocycles. The van der Waals surface area contributed by atoms with Crippen LogP contribution < -0.4 is 0 Å². The van der Waals surface area contributed by atoms with Crippen molar-refractivity contribution in [2.75, 3.05) is 33.0 Å². The highest BCUT2D eigenvalue weighted by atomic mass is 16.2. The van der Waals surface area contributed by atoms with Crippen LogP contribution in [0.15, 0.2) is 38.0 Å². The first-order valence-corrected chi connectivity index (χ1v) is 6.65. The molecule has 21 heavy (non-hydrogen) atoms. The third kappa shape index (κ3) is 4.29. The maximum absolute atomic E-state index is 12.2. The molecule has 114 valence electrons. The lowest BCUT2D eigenvalue weighted by molar-refractivity contribution is -0.152. The van der Waals surface area contributed by atoms with E-state index < -0.39 is 17.7 Å². The first-order chi connectivity index (χ1) is 10.1. The van der Waals surface area contributed by atoms with Crippen LogP contribution in [0.3, 0.4) is 0 Å². The standard InChI is InChI=1S/C15H21N3O3/c1-4-7-16-11-17(8-5-2)15(14(21)13(20)10-19)18(12-16)9-6-3/h4-6,10,15H,1-3,7-9,11-12H2. The predicted molar refractivity (Wildman–Crippen MR) is 80.3 cm³/mol. The molecular formula is C15H21N3O3. The number of Topliss-reactive ketones (excluding diaryl/α,β-unsaturated/α-hetero) is 2. The Hall–Kier alpha value is -1.89. The molecule has 0 aromatic rings. The molecule has 0 amide bonds. The molecule has 0 atom stereocenters. The van der Waals surface area contributed by atoms with Crippen molar-refractivity contribution in [3.05, 3.63) is 38.0 Å². The number of nitrogens with zero attached hydrogens (tertiary/aromatic N) is 3. The Morgan fingerprint density at radius 2 is 1.43 bits per heavy atom. The van der Waals surface area contributed by atoms with Crippen molar-refractivity contribution in [1.82, 2.24) is 14.7 Å². The number of ketones is 2. The second-order valence-corrected chi connectivity index (χ2v) is 4.76. The van der Waals surface area contributed by atoms with Gasteiger partial charge >= 0.3 is 0 Å². The van der Waals surface area contributed by atoms with Crippen molar-refractivity contribution in [3.63, 3.8) is 0 Å². The normalized spacial score (nSPS) is 18.1. The van der Waals surface area contributed by atoms with Gasteiger partial charge in [0.05, 0.1) is 13.3 Å². The molecule has 1 aliphatic rings. The zero-order chi connectivity index (χ0) is 15.8. The zero-order valence-corrected chi connectivity index (χ0v) is 12.1. The van der Waals surface area contributed by atoms with Crippen LogP contribution >= 0.6 is 0 Å². The summed E-state index contributed by atoms with van der Waals surface area (Å²) >= 11 is 0. The molecule has 0 bridgehead atoms. The Balaban J connectivity index is 3.05. The lowest BCUT2D eigenvalue weighted by Crippen LogP contribution is -2.64. The monoisotopic (exact) mass is 291 g/mol. The van der Waals surface area contributed by atoms with E-state index in [0.29, 0.717) is 33.0 Å². The van der Waals surface area contributed by atoms with Gasteiger partial charge in [0.25, 0.3) is 5.78 Å². The topological polar surface area (TPSA) is 60.9 Å². The van der Waals surface area contributed by atoms with Crippen LogP contribution in [-0.4, -0.2) is 71.7 Å². The summed E-state index contributed by atoms with van der Waals surface area (Å²) in [4.78, 5) is 39.9. The first kappa shape index (κ1) is 17.2. The summed E-state index contributed by atoms with van der Waals surface area (Å²) < 4.78 is 0. The van der Waals surface area contributed by atoms with Crippen LogP contribution in [0.4, 0.5) is 0 Å².